The molecule has 0 spiro atoms. The van der Waals surface area contributed by atoms with Crippen molar-refractivity contribution >= 4 is 5.97 Å². The van der Waals surface area contributed by atoms with Gasteiger partial charge in [0, 0.05) is 6.04 Å². The first-order valence-electron chi connectivity index (χ1n) is 5.04. The molecular weight excluding hydrogens is 166 g/mol. The molecule has 1 rings (SSSR count). The molecule has 76 valence electrons. The van der Waals surface area contributed by atoms with Crippen LogP contribution in [-0.2, 0) is 4.79 Å². The van der Waals surface area contributed by atoms with E-state index in [1.54, 1.807) is 6.92 Å². The maximum Gasteiger partial charge on any atom is 0.306 e. The van der Waals surface area contributed by atoms with Crippen molar-refractivity contribution in [2.24, 2.45) is 5.92 Å². The maximum absolute atomic E-state index is 10.7. The second kappa shape index (κ2) is 4.61. The molecule has 1 aliphatic heterocycles. The van der Waals surface area contributed by atoms with E-state index in [1.807, 2.05) is 0 Å². The van der Waals surface area contributed by atoms with E-state index in [-0.39, 0.29) is 5.92 Å². The van der Waals surface area contributed by atoms with Crippen LogP contribution in [0.3, 0.4) is 0 Å². The van der Waals surface area contributed by atoms with Crippen LogP contribution in [0, 0.1) is 5.92 Å². The maximum atomic E-state index is 10.7. The summed E-state index contributed by atoms with van der Waals surface area (Å²) in [6.07, 6.45) is 4.47. The molecule has 1 saturated heterocycles. The van der Waals surface area contributed by atoms with E-state index < -0.39 is 5.97 Å². The second-order valence-corrected chi connectivity index (χ2v) is 4.11. The largest absolute Gasteiger partial charge is 0.481 e. The zero-order valence-electron chi connectivity index (χ0n) is 8.49. The van der Waals surface area contributed by atoms with Crippen LogP contribution in [0.4, 0.5) is 0 Å². The number of piperidine rings is 1. The summed E-state index contributed by atoms with van der Waals surface area (Å²) < 4.78 is 0. The van der Waals surface area contributed by atoms with E-state index >= 15 is 0 Å². The molecule has 1 fully saturated rings. The summed E-state index contributed by atoms with van der Waals surface area (Å²) in [6.45, 7) is 2.92. The van der Waals surface area contributed by atoms with Gasteiger partial charge in [-0.25, -0.2) is 0 Å². The van der Waals surface area contributed by atoms with Crippen LogP contribution in [0.15, 0.2) is 0 Å². The van der Waals surface area contributed by atoms with Gasteiger partial charge in [0.1, 0.15) is 0 Å². The zero-order valence-corrected chi connectivity index (χ0v) is 8.49. The molecule has 1 N–H and O–H groups in total. The van der Waals surface area contributed by atoms with E-state index in [0.29, 0.717) is 6.04 Å². The van der Waals surface area contributed by atoms with Gasteiger partial charge >= 0.3 is 5.97 Å². The van der Waals surface area contributed by atoms with E-state index in [0.717, 1.165) is 19.4 Å². The Labute approximate surface area is 79.7 Å². The fraction of sp³-hybridized carbons (Fsp3) is 0.900. The Morgan fingerprint density at radius 1 is 1.62 bits per heavy atom. The minimum atomic E-state index is -0.668. The molecule has 13 heavy (non-hydrogen) atoms. The quantitative estimate of drug-likeness (QED) is 0.725. The summed E-state index contributed by atoms with van der Waals surface area (Å²) in [5.74, 6) is -0.871. The SMILES string of the molecule is CC(CC1CCCCN1C)C(=O)O. The minimum Gasteiger partial charge on any atom is -0.481 e. The normalized spacial score (nSPS) is 27.1. The Morgan fingerprint density at radius 3 is 2.85 bits per heavy atom. The van der Waals surface area contributed by atoms with E-state index in [2.05, 4.69) is 11.9 Å². The van der Waals surface area contributed by atoms with Gasteiger partial charge in [-0.1, -0.05) is 13.3 Å². The number of carboxylic acid groups (broad SMARTS) is 1. The van der Waals surface area contributed by atoms with E-state index in [4.69, 9.17) is 5.11 Å². The first kappa shape index (κ1) is 10.5. The number of hydrogen-bond acceptors (Lipinski definition) is 2. The van der Waals surface area contributed by atoms with Gasteiger partial charge in [-0.15, -0.1) is 0 Å². The van der Waals surface area contributed by atoms with Gasteiger partial charge in [0.2, 0.25) is 0 Å². The third kappa shape index (κ3) is 2.99. The molecule has 2 unspecified atom stereocenters. The predicted octanol–water partition coefficient (Wildman–Crippen LogP) is 1.58. The van der Waals surface area contributed by atoms with Crippen molar-refractivity contribution in [2.45, 2.75) is 38.6 Å². The van der Waals surface area contributed by atoms with E-state index in [1.165, 1.54) is 12.8 Å². The van der Waals surface area contributed by atoms with Crippen molar-refractivity contribution in [3.05, 3.63) is 0 Å². The molecule has 0 bridgehead atoms. The molecule has 0 saturated carbocycles. The lowest BCUT2D eigenvalue weighted by molar-refractivity contribution is -0.141. The fourth-order valence-electron chi connectivity index (χ4n) is 1.95. The first-order valence-corrected chi connectivity index (χ1v) is 5.04. The molecule has 1 heterocycles. The summed E-state index contributed by atoms with van der Waals surface area (Å²) in [5, 5.41) is 8.78. The lowest BCUT2D eigenvalue weighted by Crippen LogP contribution is -2.38. The third-order valence-electron chi connectivity index (χ3n) is 2.97. The summed E-state index contributed by atoms with van der Waals surface area (Å²) in [5.41, 5.74) is 0. The summed E-state index contributed by atoms with van der Waals surface area (Å²) >= 11 is 0. The van der Waals surface area contributed by atoms with Crippen LogP contribution in [0.1, 0.15) is 32.6 Å². The van der Waals surface area contributed by atoms with Gasteiger partial charge in [-0.05, 0) is 32.9 Å². The smallest absolute Gasteiger partial charge is 0.306 e. The summed E-state index contributed by atoms with van der Waals surface area (Å²) in [7, 11) is 2.10. The number of carbonyl (C=O) groups is 1. The first-order chi connectivity index (χ1) is 6.11. The third-order valence-corrected chi connectivity index (χ3v) is 2.97. The van der Waals surface area contributed by atoms with Crippen LogP contribution in [-0.4, -0.2) is 35.6 Å². The average Bonchev–Trinajstić information content (AvgIpc) is 2.08. The Balaban J connectivity index is 2.37. The molecular formula is C10H19NO2. The Bertz CT molecular complexity index is 182. The molecule has 3 heteroatoms. The van der Waals surface area contributed by atoms with E-state index in [9.17, 15) is 4.79 Å². The van der Waals surface area contributed by atoms with Crippen LogP contribution in [0.25, 0.3) is 0 Å². The van der Waals surface area contributed by atoms with Crippen molar-refractivity contribution in [3.63, 3.8) is 0 Å². The van der Waals surface area contributed by atoms with Gasteiger partial charge in [-0.2, -0.15) is 0 Å². The van der Waals surface area contributed by atoms with Crippen molar-refractivity contribution in [1.29, 1.82) is 0 Å². The number of carboxylic acids is 1. The molecule has 1 aliphatic rings. The van der Waals surface area contributed by atoms with Gasteiger partial charge in [0.25, 0.3) is 0 Å². The monoisotopic (exact) mass is 185 g/mol. The Hall–Kier alpha value is -0.570. The number of rotatable bonds is 3. The topological polar surface area (TPSA) is 40.5 Å². The highest BCUT2D eigenvalue weighted by molar-refractivity contribution is 5.69. The summed E-state index contributed by atoms with van der Waals surface area (Å²) in [6, 6.07) is 0.486. The molecule has 0 aliphatic carbocycles. The average molecular weight is 185 g/mol. The number of aliphatic carboxylic acids is 1. The predicted molar refractivity (Wildman–Crippen MR) is 51.7 cm³/mol. The number of likely N-dealkylation sites (tertiary alicyclic amines) is 1. The highest BCUT2D eigenvalue weighted by Gasteiger charge is 2.23. The van der Waals surface area contributed by atoms with Crippen molar-refractivity contribution < 1.29 is 9.90 Å². The lowest BCUT2D eigenvalue weighted by atomic mass is 9.94. The molecule has 2 atom stereocenters. The van der Waals surface area contributed by atoms with Crippen molar-refractivity contribution in [2.75, 3.05) is 13.6 Å². The summed E-state index contributed by atoms with van der Waals surface area (Å²) in [4.78, 5) is 13.0. The molecule has 0 aromatic heterocycles. The molecule has 0 radical (unpaired) electrons. The Kier molecular flexibility index (Phi) is 3.72. The Morgan fingerprint density at radius 2 is 2.31 bits per heavy atom. The highest BCUT2D eigenvalue weighted by atomic mass is 16.4. The van der Waals surface area contributed by atoms with Crippen molar-refractivity contribution in [1.82, 2.24) is 4.90 Å². The van der Waals surface area contributed by atoms with Crippen LogP contribution < -0.4 is 0 Å². The van der Waals surface area contributed by atoms with Crippen LogP contribution in [0.2, 0.25) is 0 Å². The second-order valence-electron chi connectivity index (χ2n) is 4.11. The minimum absolute atomic E-state index is 0.203. The van der Waals surface area contributed by atoms with Crippen molar-refractivity contribution in [3.8, 4) is 0 Å². The lowest BCUT2D eigenvalue weighted by Gasteiger charge is -2.33. The molecule has 0 aromatic carbocycles. The molecule has 3 nitrogen and oxygen atoms in total. The van der Waals surface area contributed by atoms with Gasteiger partial charge in [-0.3, -0.25) is 4.79 Å². The standard InChI is InChI=1S/C10H19NO2/c1-8(10(12)13)7-9-5-3-4-6-11(9)2/h8-9H,3-7H2,1-2H3,(H,12,13). The van der Waals surface area contributed by atoms with Crippen LogP contribution >= 0.6 is 0 Å². The van der Waals surface area contributed by atoms with Gasteiger partial charge in [0.05, 0.1) is 5.92 Å². The number of nitrogens with zero attached hydrogens (tertiary/aromatic N) is 1. The zero-order chi connectivity index (χ0) is 9.84. The van der Waals surface area contributed by atoms with Crippen LogP contribution in [0.5, 0.6) is 0 Å². The molecule has 0 aromatic rings. The van der Waals surface area contributed by atoms with Gasteiger partial charge in [0.15, 0.2) is 0 Å². The number of hydrogen-bond donors (Lipinski definition) is 1. The van der Waals surface area contributed by atoms with Gasteiger partial charge < -0.3 is 10.0 Å². The highest BCUT2D eigenvalue weighted by Crippen LogP contribution is 2.21. The fourth-order valence-corrected chi connectivity index (χ4v) is 1.95. The molecule has 0 amide bonds.